The smallest absolute Gasteiger partial charge is 0.338 e. The Morgan fingerprint density at radius 2 is 1.18 bits per heavy atom. The molecule has 0 aromatic rings. The van der Waals surface area contributed by atoms with Crippen molar-refractivity contribution in [3.63, 3.8) is 0 Å². The average Bonchev–Trinajstić information content (AvgIpc) is 2.84. The first-order chi connectivity index (χ1) is 16.5. The molecule has 0 spiro atoms. The molecule has 2 aliphatic heterocycles. The molecule has 1 N–H and O–H groups in total. The van der Waals surface area contributed by atoms with Crippen LogP contribution in [0, 0.1) is 71.0 Å². The Kier molecular flexibility index (Phi) is 4.84. The first kappa shape index (κ1) is 21.6. The number of nitrogens with zero attached hydrogens (tertiary/aromatic N) is 1. The summed E-state index contributed by atoms with van der Waals surface area (Å²) >= 11 is 0. The van der Waals surface area contributed by atoms with Crippen molar-refractivity contribution in [2.45, 2.75) is 71.1 Å². The van der Waals surface area contributed by atoms with Gasteiger partial charge in [-0.05, 0) is 105 Å². The molecule has 6 heteroatoms. The van der Waals surface area contributed by atoms with Crippen molar-refractivity contribution < 1.29 is 23.9 Å². The fourth-order valence-electron chi connectivity index (χ4n) is 10.9. The molecule has 0 aromatic heterocycles. The molecule has 7 rings (SSSR count). The van der Waals surface area contributed by atoms with E-state index in [1.54, 1.807) is 4.90 Å². The van der Waals surface area contributed by atoms with Crippen LogP contribution in [0.5, 0.6) is 0 Å². The van der Waals surface area contributed by atoms with Gasteiger partial charge in [-0.2, -0.15) is 0 Å². The highest BCUT2D eigenvalue weighted by Gasteiger charge is 2.69. The first-order valence-electron chi connectivity index (χ1n) is 14.1. The van der Waals surface area contributed by atoms with Crippen molar-refractivity contribution >= 4 is 23.8 Å². The van der Waals surface area contributed by atoms with Crippen molar-refractivity contribution in [3.05, 3.63) is 0 Å². The summed E-state index contributed by atoms with van der Waals surface area (Å²) in [7, 11) is 0. The van der Waals surface area contributed by atoms with Gasteiger partial charge in [0.25, 0.3) is 0 Å². The minimum Gasteiger partial charge on any atom is -0.338 e. The summed E-state index contributed by atoms with van der Waals surface area (Å²) in [6, 6.07) is 0. The fraction of sp³-hybridized carbons (Fsp3) is 0.857. The Morgan fingerprint density at radius 1 is 0.706 bits per heavy atom. The van der Waals surface area contributed by atoms with Gasteiger partial charge in [-0.25, -0.2) is 9.53 Å². The van der Waals surface area contributed by atoms with Crippen LogP contribution in [0.25, 0.3) is 0 Å². The summed E-state index contributed by atoms with van der Waals surface area (Å²) in [5.41, 5.74) is 0. The van der Waals surface area contributed by atoms with Gasteiger partial charge >= 0.3 is 11.9 Å². The first-order valence-corrected chi connectivity index (χ1v) is 14.1. The molecule has 5 aliphatic carbocycles. The molecule has 7 fully saturated rings. The molecule has 5 saturated carbocycles. The molecule has 0 bridgehead atoms. The fourth-order valence-corrected chi connectivity index (χ4v) is 10.9. The van der Waals surface area contributed by atoms with Crippen LogP contribution in [0.1, 0.15) is 71.1 Å². The predicted molar refractivity (Wildman–Crippen MR) is 123 cm³/mol. The van der Waals surface area contributed by atoms with Crippen molar-refractivity contribution in [2.24, 2.45) is 71.0 Å². The number of carbonyl (C=O) groups excluding carboxylic acids is 4. The number of likely N-dealkylation sites (tertiary alicyclic amines) is 1. The van der Waals surface area contributed by atoms with Gasteiger partial charge in [0, 0.05) is 18.4 Å². The van der Waals surface area contributed by atoms with E-state index >= 15 is 0 Å². The quantitative estimate of drug-likeness (QED) is 0.273. The minimum absolute atomic E-state index is 0.0148. The second-order valence-corrected chi connectivity index (χ2v) is 12.6. The van der Waals surface area contributed by atoms with Gasteiger partial charge in [-0.3, -0.25) is 14.5 Å². The van der Waals surface area contributed by atoms with E-state index in [0.29, 0.717) is 42.1 Å². The van der Waals surface area contributed by atoms with E-state index in [1.807, 2.05) is 0 Å². The second kappa shape index (κ2) is 7.64. The normalized spacial score (nSPS) is 50.9. The highest BCUT2D eigenvalue weighted by Crippen LogP contribution is 2.69. The zero-order valence-corrected chi connectivity index (χ0v) is 20.2. The molecule has 12 unspecified atom stereocenters. The van der Waals surface area contributed by atoms with Gasteiger partial charge in [0.15, 0.2) is 0 Å². The van der Waals surface area contributed by atoms with E-state index in [9.17, 15) is 19.2 Å². The highest BCUT2D eigenvalue weighted by molar-refractivity contribution is 6.00. The number of esters is 2. The van der Waals surface area contributed by atoms with Crippen molar-refractivity contribution in [3.8, 4) is 0 Å². The van der Waals surface area contributed by atoms with Crippen LogP contribution in [-0.4, -0.2) is 40.0 Å². The standard InChI is InChI=1S/C28H37NO5/c1-2-3-12-29-25(30)17-8-4-13-15-6-10-19-24-20(28(33)34-27(19)32)11-7-16(22(15)24)14-5-9-18(26(29)31)23(17)21(13)14/h13-24H,2-12H2,1H3/p+1. The summed E-state index contributed by atoms with van der Waals surface area (Å²) in [5, 5.41) is 0. The van der Waals surface area contributed by atoms with Crippen LogP contribution in [0.3, 0.4) is 0 Å². The highest BCUT2D eigenvalue weighted by atomic mass is 16.6. The third-order valence-corrected chi connectivity index (χ3v) is 11.8. The van der Waals surface area contributed by atoms with Crippen molar-refractivity contribution in [1.82, 2.24) is 4.90 Å². The van der Waals surface area contributed by atoms with Crippen molar-refractivity contribution in [1.29, 1.82) is 0 Å². The molecule has 12 atom stereocenters. The molecule has 6 nitrogen and oxygen atoms in total. The Bertz CT molecular complexity index is 879. The minimum atomic E-state index is -0.206. The summed E-state index contributed by atoms with van der Waals surface area (Å²) < 4.78 is 5.32. The van der Waals surface area contributed by atoms with E-state index in [0.717, 1.165) is 64.2 Å². The molecule has 184 valence electrons. The Balaban J connectivity index is 1.25. The molecule has 2 saturated heterocycles. The van der Waals surface area contributed by atoms with E-state index < -0.39 is 0 Å². The largest absolute Gasteiger partial charge is 0.494 e. The number of piperidine rings is 1. The van der Waals surface area contributed by atoms with E-state index in [2.05, 4.69) is 6.92 Å². The summed E-state index contributed by atoms with van der Waals surface area (Å²) in [5.74, 6) is 3.78. The topological polar surface area (TPSA) is 85.1 Å². The third-order valence-electron chi connectivity index (χ3n) is 11.8. The maximum Gasteiger partial charge on any atom is 0.494 e. The molecule has 0 radical (unpaired) electrons. The van der Waals surface area contributed by atoms with Gasteiger partial charge in [-0.15, -0.1) is 0 Å². The van der Waals surface area contributed by atoms with Crippen LogP contribution < -0.4 is 0 Å². The lowest BCUT2D eigenvalue weighted by Crippen LogP contribution is -2.67. The number of cyclic esters (lactones) is 2. The summed E-state index contributed by atoms with van der Waals surface area (Å²) in [4.78, 5) is 52.0. The van der Waals surface area contributed by atoms with Crippen LogP contribution in [0.15, 0.2) is 0 Å². The molecular formula is C28H38NO5+. The molecule has 34 heavy (non-hydrogen) atoms. The Morgan fingerprint density at radius 3 is 1.71 bits per heavy atom. The van der Waals surface area contributed by atoms with Gasteiger partial charge in [0.2, 0.25) is 11.8 Å². The van der Waals surface area contributed by atoms with Crippen LogP contribution >= 0.6 is 0 Å². The number of imide groups is 1. The number of ether oxygens (including phenoxy) is 1. The molecule has 2 amide bonds. The van der Waals surface area contributed by atoms with E-state index in [1.165, 1.54) is 0 Å². The third kappa shape index (κ3) is 2.69. The molecular weight excluding hydrogens is 430 g/mol. The molecule has 2 heterocycles. The second-order valence-electron chi connectivity index (χ2n) is 12.6. The lowest BCUT2D eigenvalue weighted by Gasteiger charge is -2.66. The molecule has 0 aromatic carbocycles. The number of hydrogen-bond donors (Lipinski definition) is 0. The zero-order chi connectivity index (χ0) is 23.3. The van der Waals surface area contributed by atoms with Gasteiger partial charge < -0.3 is 4.79 Å². The number of unbranched alkanes of at least 4 members (excludes halogenated alkanes) is 1. The van der Waals surface area contributed by atoms with Gasteiger partial charge in [0.05, 0.1) is 5.92 Å². The van der Waals surface area contributed by atoms with Crippen LogP contribution in [0.4, 0.5) is 0 Å². The van der Waals surface area contributed by atoms with Crippen molar-refractivity contribution in [2.75, 3.05) is 6.54 Å². The zero-order valence-electron chi connectivity index (χ0n) is 20.2. The lowest BCUT2D eigenvalue weighted by molar-refractivity contribution is -0.205. The number of fused-ring (bicyclic) bond motifs is 2. The van der Waals surface area contributed by atoms with Crippen LogP contribution in [-0.2, 0) is 19.1 Å². The number of carbonyl (C=O) groups is 3. The maximum atomic E-state index is 13.6. The lowest BCUT2D eigenvalue weighted by atomic mass is 9.38. The van der Waals surface area contributed by atoms with E-state index in [4.69, 9.17) is 4.74 Å². The van der Waals surface area contributed by atoms with Crippen LogP contribution in [0.2, 0.25) is 0 Å². The predicted octanol–water partition coefficient (Wildman–Crippen LogP) is 3.80. The van der Waals surface area contributed by atoms with Gasteiger partial charge in [-0.1, -0.05) is 13.3 Å². The van der Waals surface area contributed by atoms with E-state index in [-0.39, 0.29) is 59.3 Å². The Hall–Kier alpha value is -1.72. The Labute approximate surface area is 201 Å². The SMILES string of the molecule is CCCCN1C(=O)C2CCC3C4CCC5C(=O)OC(=[OH+])C6CCC(C7CCC(C1=O)C2C37)C4C56. The number of amides is 2. The average molecular weight is 469 g/mol. The van der Waals surface area contributed by atoms with Gasteiger partial charge in [0.1, 0.15) is 5.92 Å². The summed E-state index contributed by atoms with van der Waals surface area (Å²) in [6.45, 7) is 2.71. The maximum absolute atomic E-state index is 13.6. The molecule has 7 aliphatic rings. The monoisotopic (exact) mass is 468 g/mol. The summed E-state index contributed by atoms with van der Waals surface area (Å²) in [6.07, 6.45) is 9.84. The number of rotatable bonds is 3. The number of hydrogen-bond acceptors (Lipinski definition) is 4.